The fourth-order valence-electron chi connectivity index (χ4n) is 4.56. The lowest BCUT2D eigenvalue weighted by atomic mass is 9.92. The Balaban J connectivity index is 1.47. The molecule has 0 saturated heterocycles. The second kappa shape index (κ2) is 11.2. The molecule has 2 N–H and O–H groups in total. The molecule has 0 fully saturated rings. The average molecular weight is 509 g/mol. The van der Waals surface area contributed by atoms with Crippen LogP contribution in [0.25, 0.3) is 0 Å². The first-order valence-corrected chi connectivity index (χ1v) is 12.3. The number of anilines is 1. The zero-order chi connectivity index (χ0) is 25.7. The molecule has 0 radical (unpaired) electrons. The number of aromatic nitrogens is 2. The number of esters is 1. The number of ether oxygens (including phenoxy) is 2. The highest BCUT2D eigenvalue weighted by molar-refractivity contribution is 5.85. The number of rotatable bonds is 9. The van der Waals surface area contributed by atoms with Crippen molar-refractivity contribution in [3.05, 3.63) is 41.2 Å². The van der Waals surface area contributed by atoms with Gasteiger partial charge >= 0.3 is 12.1 Å². The zero-order valence-corrected chi connectivity index (χ0v) is 20.2. The molecule has 196 valence electrons. The summed E-state index contributed by atoms with van der Waals surface area (Å²) in [5, 5.41) is 5.74. The van der Waals surface area contributed by atoms with Crippen LogP contribution < -0.4 is 15.4 Å². The number of alkyl halides is 3. The molecule has 0 spiro atoms. The van der Waals surface area contributed by atoms with Crippen molar-refractivity contribution in [2.75, 3.05) is 25.1 Å². The summed E-state index contributed by atoms with van der Waals surface area (Å²) in [6.07, 6.45) is -1.55. The number of hydrogen-bond donors (Lipinski definition) is 2. The van der Waals surface area contributed by atoms with Gasteiger partial charge in [-0.05, 0) is 42.5 Å². The standard InChI is InChI=1S/C25H31F3N4O4/c1-2-9-36-22(33)12-17-11-16-4-5-19(13-20(16)21(31-23(17)34)14-25(26,27)28)35-10-6-18-15-32-8-3-7-29-24(32)30-18/h4-5,13,15,17,21H,2-3,6-12,14H2,1H3,(H,29,30)(H,31,34)/t17-,21?/m0/s1. The van der Waals surface area contributed by atoms with Crippen LogP contribution >= 0.6 is 0 Å². The molecule has 2 aliphatic rings. The van der Waals surface area contributed by atoms with E-state index < -0.39 is 36.4 Å². The van der Waals surface area contributed by atoms with Crippen LogP contribution in [0.5, 0.6) is 5.75 Å². The maximum atomic E-state index is 13.4. The summed E-state index contributed by atoms with van der Waals surface area (Å²) in [6.45, 7) is 4.18. The Hall–Kier alpha value is -3.24. The smallest absolute Gasteiger partial charge is 0.391 e. The minimum absolute atomic E-state index is 0.143. The van der Waals surface area contributed by atoms with Gasteiger partial charge in [0.05, 0.1) is 43.7 Å². The molecule has 1 amide bonds. The minimum Gasteiger partial charge on any atom is -0.493 e. The number of benzene rings is 1. The molecule has 1 aromatic heterocycles. The molecule has 0 bridgehead atoms. The predicted molar refractivity (Wildman–Crippen MR) is 126 cm³/mol. The highest BCUT2D eigenvalue weighted by Crippen LogP contribution is 2.36. The number of imidazole rings is 1. The van der Waals surface area contributed by atoms with Crippen molar-refractivity contribution in [3.63, 3.8) is 0 Å². The van der Waals surface area contributed by atoms with Crippen LogP contribution in [0.3, 0.4) is 0 Å². The molecule has 2 aliphatic heterocycles. The Bertz CT molecular complexity index is 1060. The van der Waals surface area contributed by atoms with Crippen LogP contribution in [0, 0.1) is 5.92 Å². The first-order valence-electron chi connectivity index (χ1n) is 12.3. The number of carbonyl (C=O) groups is 2. The van der Waals surface area contributed by atoms with E-state index >= 15 is 0 Å². The molecular weight excluding hydrogens is 477 g/mol. The Labute approximate surface area is 207 Å². The van der Waals surface area contributed by atoms with Crippen LogP contribution in [-0.4, -0.2) is 47.4 Å². The molecule has 1 aromatic carbocycles. The van der Waals surface area contributed by atoms with Gasteiger partial charge in [-0.1, -0.05) is 13.0 Å². The van der Waals surface area contributed by atoms with Gasteiger partial charge < -0.3 is 24.7 Å². The van der Waals surface area contributed by atoms with E-state index in [2.05, 4.69) is 20.2 Å². The average Bonchev–Trinajstić information content (AvgIpc) is 3.19. The predicted octanol–water partition coefficient (Wildman–Crippen LogP) is 3.95. The monoisotopic (exact) mass is 508 g/mol. The van der Waals surface area contributed by atoms with Gasteiger partial charge in [-0.15, -0.1) is 0 Å². The van der Waals surface area contributed by atoms with E-state index in [0.717, 1.165) is 31.2 Å². The summed E-state index contributed by atoms with van der Waals surface area (Å²) in [4.78, 5) is 29.4. The lowest BCUT2D eigenvalue weighted by molar-refractivity contribution is -0.149. The highest BCUT2D eigenvalue weighted by Gasteiger charge is 2.38. The van der Waals surface area contributed by atoms with Gasteiger partial charge in [0, 0.05) is 25.7 Å². The fourth-order valence-corrected chi connectivity index (χ4v) is 4.56. The zero-order valence-electron chi connectivity index (χ0n) is 20.2. The molecule has 36 heavy (non-hydrogen) atoms. The summed E-state index contributed by atoms with van der Waals surface area (Å²) in [7, 11) is 0. The number of amides is 1. The van der Waals surface area contributed by atoms with E-state index in [0.29, 0.717) is 36.3 Å². The van der Waals surface area contributed by atoms with Crippen LogP contribution in [0.1, 0.15) is 55.5 Å². The summed E-state index contributed by atoms with van der Waals surface area (Å²) < 4.78 is 53.1. The van der Waals surface area contributed by atoms with Crippen molar-refractivity contribution >= 4 is 17.8 Å². The summed E-state index contributed by atoms with van der Waals surface area (Å²) in [5.41, 5.74) is 1.80. The Morgan fingerprint density at radius 2 is 2.11 bits per heavy atom. The van der Waals surface area contributed by atoms with E-state index in [4.69, 9.17) is 9.47 Å². The maximum absolute atomic E-state index is 13.4. The first kappa shape index (κ1) is 25.8. The third-order valence-corrected chi connectivity index (χ3v) is 6.27. The molecule has 2 atom stereocenters. The van der Waals surface area contributed by atoms with Crippen molar-refractivity contribution in [3.8, 4) is 5.75 Å². The normalized spacial score (nSPS) is 19.4. The van der Waals surface area contributed by atoms with Gasteiger partial charge in [0.15, 0.2) is 0 Å². The van der Waals surface area contributed by atoms with Crippen LogP contribution in [0.2, 0.25) is 0 Å². The SMILES string of the molecule is CCCOC(=O)C[C@@H]1Cc2ccc(OCCc3cn4c(n3)NCCC4)cc2C(CC(F)(F)F)NC1=O. The largest absolute Gasteiger partial charge is 0.493 e. The number of hydrogen-bond acceptors (Lipinski definition) is 6. The number of nitrogens with zero attached hydrogens (tertiary/aromatic N) is 2. The lowest BCUT2D eigenvalue weighted by Crippen LogP contribution is -2.35. The van der Waals surface area contributed by atoms with Crippen molar-refractivity contribution in [2.45, 2.75) is 64.2 Å². The molecular formula is C25H31F3N4O4. The van der Waals surface area contributed by atoms with E-state index in [-0.39, 0.29) is 19.4 Å². The molecule has 4 rings (SSSR count). The third kappa shape index (κ3) is 6.70. The maximum Gasteiger partial charge on any atom is 0.391 e. The molecule has 1 unspecified atom stereocenters. The van der Waals surface area contributed by atoms with Crippen LogP contribution in [0.15, 0.2) is 24.4 Å². The van der Waals surface area contributed by atoms with E-state index in [9.17, 15) is 22.8 Å². The second-order valence-electron chi connectivity index (χ2n) is 9.19. The lowest BCUT2D eigenvalue weighted by Gasteiger charge is -2.21. The molecule has 8 nitrogen and oxygen atoms in total. The molecule has 11 heteroatoms. The van der Waals surface area contributed by atoms with Crippen molar-refractivity contribution in [2.24, 2.45) is 5.92 Å². The quantitative estimate of drug-likeness (QED) is 0.499. The topological polar surface area (TPSA) is 94.5 Å². The Morgan fingerprint density at radius 1 is 1.28 bits per heavy atom. The van der Waals surface area contributed by atoms with Gasteiger partial charge in [0.25, 0.3) is 0 Å². The number of fused-ring (bicyclic) bond motifs is 2. The number of halogens is 3. The minimum atomic E-state index is -4.49. The Kier molecular flexibility index (Phi) is 8.05. The fraction of sp³-hybridized carbons (Fsp3) is 0.560. The van der Waals surface area contributed by atoms with Gasteiger partial charge in [-0.3, -0.25) is 9.59 Å². The van der Waals surface area contributed by atoms with Gasteiger partial charge in [-0.25, -0.2) is 4.98 Å². The van der Waals surface area contributed by atoms with Crippen molar-refractivity contribution in [1.82, 2.24) is 14.9 Å². The van der Waals surface area contributed by atoms with E-state index in [1.165, 1.54) is 0 Å². The summed E-state index contributed by atoms with van der Waals surface area (Å²) >= 11 is 0. The van der Waals surface area contributed by atoms with Gasteiger partial charge in [0.2, 0.25) is 11.9 Å². The summed E-state index contributed by atoms with van der Waals surface area (Å²) in [5.74, 6) is -0.686. The Morgan fingerprint density at radius 3 is 2.86 bits per heavy atom. The van der Waals surface area contributed by atoms with Crippen molar-refractivity contribution < 1.29 is 32.2 Å². The molecule has 0 aliphatic carbocycles. The molecule has 3 heterocycles. The number of aryl methyl sites for hydroxylation is 1. The molecule has 0 saturated carbocycles. The van der Waals surface area contributed by atoms with E-state index in [1.54, 1.807) is 18.2 Å². The first-order chi connectivity index (χ1) is 17.2. The highest BCUT2D eigenvalue weighted by atomic mass is 19.4. The van der Waals surface area contributed by atoms with Gasteiger partial charge in [0.1, 0.15) is 5.75 Å². The van der Waals surface area contributed by atoms with Gasteiger partial charge in [-0.2, -0.15) is 13.2 Å². The molecule has 2 aromatic rings. The van der Waals surface area contributed by atoms with Crippen LogP contribution in [-0.2, 0) is 33.7 Å². The number of carbonyl (C=O) groups excluding carboxylic acids is 2. The van der Waals surface area contributed by atoms with E-state index in [1.807, 2.05) is 13.1 Å². The number of nitrogens with one attached hydrogen (secondary N) is 2. The third-order valence-electron chi connectivity index (χ3n) is 6.27. The summed E-state index contributed by atoms with van der Waals surface area (Å²) in [6, 6.07) is 3.66. The van der Waals surface area contributed by atoms with Crippen molar-refractivity contribution in [1.29, 1.82) is 0 Å². The van der Waals surface area contributed by atoms with Crippen LogP contribution in [0.4, 0.5) is 19.1 Å². The second-order valence-corrected chi connectivity index (χ2v) is 9.19.